The Morgan fingerprint density at radius 1 is 1.09 bits per heavy atom. The zero-order valence-electron chi connectivity index (χ0n) is 11.0. The number of benzene rings is 1. The summed E-state index contributed by atoms with van der Waals surface area (Å²) < 4.78 is 40.3. The molecule has 0 fully saturated rings. The smallest absolute Gasteiger partial charge is 0.424 e. The molecule has 2 rings (SSSR count). The van der Waals surface area contributed by atoms with E-state index in [1.165, 1.54) is 30.3 Å². The van der Waals surface area contributed by atoms with Gasteiger partial charge in [-0.2, -0.15) is 23.2 Å². The van der Waals surface area contributed by atoms with Crippen LogP contribution in [0.1, 0.15) is 5.56 Å². The summed E-state index contributed by atoms with van der Waals surface area (Å²) in [6.07, 6.45) is -3.64. The lowest BCUT2D eigenvalue weighted by molar-refractivity contribution is -0.645. The molecule has 2 aromatic rings. The molecule has 0 aliphatic heterocycles. The topological polar surface area (TPSA) is 50.7 Å². The first-order valence-electron chi connectivity index (χ1n) is 6.06. The molecule has 0 atom stereocenters. The number of nitriles is 1. The standard InChI is InChI=1S/C15H9F3N2OS/c16-15(17,18)14(22-13-8-4-5-9-20(13)21)12(10-19)11-6-2-1-3-7-11/h1-9H/b14-12-. The molecule has 1 heterocycles. The average molecular weight is 322 g/mol. The van der Waals surface area contributed by atoms with Crippen LogP contribution < -0.4 is 4.73 Å². The minimum absolute atomic E-state index is 0.151. The molecule has 0 saturated carbocycles. The number of rotatable bonds is 3. The maximum atomic E-state index is 13.3. The Bertz CT molecular complexity index is 736. The van der Waals surface area contributed by atoms with Crippen molar-refractivity contribution in [1.82, 2.24) is 0 Å². The quantitative estimate of drug-likeness (QED) is 0.372. The highest BCUT2D eigenvalue weighted by Crippen LogP contribution is 2.42. The summed E-state index contributed by atoms with van der Waals surface area (Å²) in [6, 6.07) is 13.3. The summed E-state index contributed by atoms with van der Waals surface area (Å²) in [7, 11) is 0. The first kappa shape index (κ1) is 15.9. The van der Waals surface area contributed by atoms with Gasteiger partial charge in [0, 0.05) is 12.1 Å². The number of hydrogen-bond acceptors (Lipinski definition) is 3. The van der Waals surface area contributed by atoms with Gasteiger partial charge in [-0.15, -0.1) is 0 Å². The third-order valence-corrected chi connectivity index (χ3v) is 3.82. The van der Waals surface area contributed by atoms with Crippen LogP contribution in [0, 0.1) is 16.5 Å². The van der Waals surface area contributed by atoms with Crippen LogP contribution in [0.15, 0.2) is 64.7 Å². The van der Waals surface area contributed by atoms with Gasteiger partial charge in [-0.3, -0.25) is 0 Å². The van der Waals surface area contributed by atoms with Crippen molar-refractivity contribution >= 4 is 17.3 Å². The van der Waals surface area contributed by atoms with Gasteiger partial charge >= 0.3 is 6.18 Å². The summed E-state index contributed by atoms with van der Waals surface area (Å²) in [5.41, 5.74) is -0.361. The van der Waals surface area contributed by atoms with E-state index in [0.29, 0.717) is 4.73 Å². The van der Waals surface area contributed by atoms with Gasteiger partial charge in [-0.05, 0) is 23.4 Å². The second-order valence-electron chi connectivity index (χ2n) is 4.15. The predicted octanol–water partition coefficient (Wildman–Crippen LogP) is 3.91. The lowest BCUT2D eigenvalue weighted by atomic mass is 10.1. The van der Waals surface area contributed by atoms with Crippen molar-refractivity contribution in [3.63, 3.8) is 0 Å². The predicted molar refractivity (Wildman–Crippen MR) is 76.3 cm³/mol. The van der Waals surface area contributed by atoms with Crippen molar-refractivity contribution in [3.05, 3.63) is 70.4 Å². The molecule has 1 aromatic carbocycles. The van der Waals surface area contributed by atoms with Gasteiger partial charge in [0.1, 0.15) is 11.0 Å². The van der Waals surface area contributed by atoms with Crippen LogP contribution >= 0.6 is 11.8 Å². The Morgan fingerprint density at radius 2 is 1.73 bits per heavy atom. The molecule has 0 N–H and O–H groups in total. The summed E-state index contributed by atoms with van der Waals surface area (Å²) >= 11 is 0.232. The monoisotopic (exact) mass is 322 g/mol. The van der Waals surface area contributed by atoms with Crippen LogP contribution in [-0.2, 0) is 0 Å². The molecule has 0 aliphatic rings. The normalized spacial score (nSPS) is 12.5. The maximum absolute atomic E-state index is 13.3. The van der Waals surface area contributed by atoms with Crippen molar-refractivity contribution in [2.24, 2.45) is 0 Å². The van der Waals surface area contributed by atoms with E-state index in [-0.39, 0.29) is 22.4 Å². The van der Waals surface area contributed by atoms with E-state index in [1.54, 1.807) is 24.3 Å². The SMILES string of the molecule is N#C/C(=C(/Sc1cccc[n+]1[O-])C(F)(F)F)c1ccccc1. The van der Waals surface area contributed by atoms with E-state index in [4.69, 9.17) is 5.26 Å². The van der Waals surface area contributed by atoms with Gasteiger partial charge in [-0.25, -0.2) is 0 Å². The van der Waals surface area contributed by atoms with E-state index in [1.807, 2.05) is 0 Å². The van der Waals surface area contributed by atoms with Gasteiger partial charge < -0.3 is 5.21 Å². The highest BCUT2D eigenvalue weighted by molar-refractivity contribution is 8.03. The Hall–Kier alpha value is -2.46. The fourth-order valence-corrected chi connectivity index (χ4v) is 2.59. The molecule has 0 aliphatic carbocycles. The van der Waals surface area contributed by atoms with E-state index < -0.39 is 16.7 Å². The lowest BCUT2D eigenvalue weighted by Gasteiger charge is -2.13. The van der Waals surface area contributed by atoms with Crippen LogP contribution in [-0.4, -0.2) is 6.18 Å². The fraction of sp³-hybridized carbons (Fsp3) is 0.0667. The molecule has 0 spiro atoms. The van der Waals surface area contributed by atoms with E-state index in [2.05, 4.69) is 0 Å². The molecule has 3 nitrogen and oxygen atoms in total. The fourth-order valence-electron chi connectivity index (χ4n) is 1.70. The minimum atomic E-state index is -4.74. The second kappa shape index (κ2) is 6.54. The van der Waals surface area contributed by atoms with Crippen molar-refractivity contribution in [2.45, 2.75) is 11.2 Å². The number of hydrogen-bond donors (Lipinski definition) is 0. The highest BCUT2D eigenvalue weighted by Gasteiger charge is 2.39. The summed E-state index contributed by atoms with van der Waals surface area (Å²) in [6.45, 7) is 0. The molecule has 7 heteroatoms. The second-order valence-corrected chi connectivity index (χ2v) is 5.18. The Kier molecular flexibility index (Phi) is 4.73. The van der Waals surface area contributed by atoms with Crippen LogP contribution in [0.5, 0.6) is 0 Å². The number of alkyl halides is 3. The Balaban J connectivity index is 2.58. The molecule has 112 valence electrons. The van der Waals surface area contributed by atoms with Gasteiger partial charge in [0.05, 0.1) is 5.57 Å². The zero-order chi connectivity index (χ0) is 16.2. The number of allylic oxidation sites excluding steroid dienone is 2. The summed E-state index contributed by atoms with van der Waals surface area (Å²) in [4.78, 5) is -1.11. The minimum Gasteiger partial charge on any atom is -0.618 e. The molecule has 0 radical (unpaired) electrons. The van der Waals surface area contributed by atoms with Crippen molar-refractivity contribution in [2.75, 3.05) is 0 Å². The van der Waals surface area contributed by atoms with Crippen molar-refractivity contribution < 1.29 is 17.9 Å². The molecule has 0 saturated heterocycles. The Morgan fingerprint density at radius 3 is 2.27 bits per heavy atom. The van der Waals surface area contributed by atoms with Crippen LogP contribution in [0.4, 0.5) is 13.2 Å². The number of aromatic nitrogens is 1. The third-order valence-electron chi connectivity index (χ3n) is 2.65. The van der Waals surface area contributed by atoms with Crippen LogP contribution in [0.3, 0.4) is 0 Å². The molecular formula is C15H9F3N2OS. The molecule has 0 bridgehead atoms. The number of pyridine rings is 1. The third kappa shape index (κ3) is 3.59. The van der Waals surface area contributed by atoms with E-state index in [9.17, 15) is 18.4 Å². The average Bonchev–Trinajstić information content (AvgIpc) is 2.49. The highest BCUT2D eigenvalue weighted by atomic mass is 32.2. The number of thioether (sulfide) groups is 1. The number of nitrogens with zero attached hydrogens (tertiary/aromatic N) is 2. The van der Waals surface area contributed by atoms with E-state index in [0.717, 1.165) is 6.20 Å². The van der Waals surface area contributed by atoms with Gasteiger partial charge in [0.25, 0.3) is 5.03 Å². The molecule has 0 amide bonds. The molecule has 22 heavy (non-hydrogen) atoms. The molecular weight excluding hydrogens is 313 g/mol. The summed E-state index contributed by atoms with van der Waals surface area (Å²) in [5.74, 6) is 0. The van der Waals surface area contributed by atoms with Crippen LogP contribution in [0.2, 0.25) is 0 Å². The summed E-state index contributed by atoms with van der Waals surface area (Å²) in [5, 5.41) is 20.6. The van der Waals surface area contributed by atoms with Gasteiger partial charge in [-0.1, -0.05) is 30.3 Å². The zero-order valence-corrected chi connectivity index (χ0v) is 11.9. The first-order valence-corrected chi connectivity index (χ1v) is 6.88. The first-order chi connectivity index (χ1) is 10.4. The van der Waals surface area contributed by atoms with E-state index >= 15 is 0 Å². The molecule has 0 unspecified atom stereocenters. The maximum Gasteiger partial charge on any atom is 0.424 e. The number of halogens is 3. The van der Waals surface area contributed by atoms with Gasteiger partial charge in [0.2, 0.25) is 0 Å². The Labute approximate surface area is 128 Å². The largest absolute Gasteiger partial charge is 0.618 e. The molecule has 1 aromatic heterocycles. The van der Waals surface area contributed by atoms with Crippen molar-refractivity contribution in [1.29, 1.82) is 5.26 Å². The van der Waals surface area contributed by atoms with Crippen molar-refractivity contribution in [3.8, 4) is 6.07 Å². The van der Waals surface area contributed by atoms with Gasteiger partial charge in [0.15, 0.2) is 6.20 Å². The van der Waals surface area contributed by atoms with Crippen LogP contribution in [0.25, 0.3) is 5.57 Å². The lowest BCUT2D eigenvalue weighted by Crippen LogP contribution is -2.28.